The Morgan fingerprint density at radius 2 is 2.26 bits per heavy atom. The lowest BCUT2D eigenvalue weighted by atomic mass is 10.1. The molecule has 5 nitrogen and oxygen atoms in total. The number of benzene rings is 1. The monoisotopic (exact) mass is 313 g/mol. The number of likely N-dealkylation sites (N-methyl/N-ethyl adjacent to an activating group) is 1. The van der Waals surface area contributed by atoms with Gasteiger partial charge in [-0.2, -0.15) is 0 Å². The molecule has 0 aliphatic carbocycles. The van der Waals surface area contributed by atoms with Gasteiger partial charge >= 0.3 is 6.03 Å². The normalized spacial score (nSPS) is 18.0. The van der Waals surface area contributed by atoms with E-state index in [0.29, 0.717) is 12.6 Å². The number of carbonyl (C=O) groups is 1. The van der Waals surface area contributed by atoms with Crippen LogP contribution in [-0.4, -0.2) is 36.6 Å². The van der Waals surface area contributed by atoms with Crippen LogP contribution >= 0.6 is 0 Å². The van der Waals surface area contributed by atoms with Crippen molar-refractivity contribution in [2.24, 2.45) is 0 Å². The Morgan fingerprint density at radius 1 is 1.35 bits per heavy atom. The number of hydrogen-bond donors (Lipinski definition) is 2. The Labute approximate surface area is 136 Å². The van der Waals surface area contributed by atoms with E-state index in [0.717, 1.165) is 36.5 Å². The Bertz CT molecular complexity index is 639. The van der Waals surface area contributed by atoms with E-state index < -0.39 is 0 Å². The zero-order valence-electron chi connectivity index (χ0n) is 13.4. The van der Waals surface area contributed by atoms with E-state index >= 15 is 0 Å². The van der Waals surface area contributed by atoms with Gasteiger partial charge in [0, 0.05) is 23.8 Å². The van der Waals surface area contributed by atoms with Crippen LogP contribution in [0.2, 0.25) is 0 Å². The highest BCUT2D eigenvalue weighted by Crippen LogP contribution is 2.23. The van der Waals surface area contributed by atoms with Crippen molar-refractivity contribution >= 4 is 11.7 Å². The summed E-state index contributed by atoms with van der Waals surface area (Å²) < 4.78 is 5.38. The maximum atomic E-state index is 12.1. The maximum Gasteiger partial charge on any atom is 0.319 e. The maximum absolute atomic E-state index is 12.1. The topological polar surface area (TPSA) is 57.5 Å². The molecule has 0 unspecified atom stereocenters. The molecule has 2 amide bonds. The molecule has 1 aliphatic rings. The largest absolute Gasteiger partial charge is 0.464 e. The molecule has 0 spiro atoms. The fourth-order valence-corrected chi connectivity index (χ4v) is 3.12. The molecule has 3 rings (SSSR count). The van der Waals surface area contributed by atoms with E-state index in [1.54, 1.807) is 6.26 Å². The summed E-state index contributed by atoms with van der Waals surface area (Å²) in [6, 6.07) is 11.7. The minimum absolute atomic E-state index is 0.162. The summed E-state index contributed by atoms with van der Waals surface area (Å²) in [5.41, 5.74) is 1.70. The highest BCUT2D eigenvalue weighted by Gasteiger charge is 2.23. The van der Waals surface area contributed by atoms with Crippen LogP contribution in [0.5, 0.6) is 0 Å². The van der Waals surface area contributed by atoms with E-state index in [9.17, 15) is 4.79 Å². The lowest BCUT2D eigenvalue weighted by Crippen LogP contribution is -2.41. The van der Waals surface area contributed by atoms with Gasteiger partial charge in [0.15, 0.2) is 0 Å². The fraction of sp³-hybridized carbons (Fsp3) is 0.389. The third kappa shape index (κ3) is 3.93. The second kappa shape index (κ2) is 7.33. The predicted octanol–water partition coefficient (Wildman–Crippen LogP) is 3.55. The molecule has 23 heavy (non-hydrogen) atoms. The Kier molecular flexibility index (Phi) is 4.98. The molecule has 1 saturated heterocycles. The van der Waals surface area contributed by atoms with E-state index in [1.807, 2.05) is 36.4 Å². The van der Waals surface area contributed by atoms with Crippen molar-refractivity contribution in [2.75, 3.05) is 25.0 Å². The first kappa shape index (κ1) is 15.6. The molecule has 1 fully saturated rings. The van der Waals surface area contributed by atoms with Crippen molar-refractivity contribution < 1.29 is 9.21 Å². The Hall–Kier alpha value is -2.27. The molecule has 1 aromatic carbocycles. The molecular weight excluding hydrogens is 290 g/mol. The van der Waals surface area contributed by atoms with Gasteiger partial charge in [0.05, 0.1) is 6.26 Å². The summed E-state index contributed by atoms with van der Waals surface area (Å²) in [6.07, 6.45) is 4.01. The second-order valence-corrected chi connectivity index (χ2v) is 5.82. The Balaban J connectivity index is 1.55. The summed E-state index contributed by atoms with van der Waals surface area (Å²) in [4.78, 5) is 14.5. The van der Waals surface area contributed by atoms with Gasteiger partial charge in [-0.15, -0.1) is 0 Å². The summed E-state index contributed by atoms with van der Waals surface area (Å²) in [5.74, 6) is 0.790. The summed E-state index contributed by atoms with van der Waals surface area (Å²) in [6.45, 7) is 5.03. The van der Waals surface area contributed by atoms with Gasteiger partial charge in [0.1, 0.15) is 5.76 Å². The smallest absolute Gasteiger partial charge is 0.319 e. The van der Waals surface area contributed by atoms with Gasteiger partial charge in [0.25, 0.3) is 0 Å². The number of anilines is 1. The summed E-state index contributed by atoms with van der Waals surface area (Å²) in [5, 5.41) is 5.87. The second-order valence-electron chi connectivity index (χ2n) is 5.82. The van der Waals surface area contributed by atoms with Crippen LogP contribution in [0.15, 0.2) is 47.1 Å². The first-order valence-electron chi connectivity index (χ1n) is 8.19. The van der Waals surface area contributed by atoms with Crippen LogP contribution in [0.1, 0.15) is 19.8 Å². The van der Waals surface area contributed by atoms with Crippen LogP contribution in [0, 0.1) is 0 Å². The van der Waals surface area contributed by atoms with Gasteiger partial charge in [-0.3, -0.25) is 4.90 Å². The third-order valence-corrected chi connectivity index (χ3v) is 4.33. The lowest BCUT2D eigenvalue weighted by Gasteiger charge is -2.22. The minimum Gasteiger partial charge on any atom is -0.464 e. The van der Waals surface area contributed by atoms with Crippen LogP contribution in [0.3, 0.4) is 0 Å². The fourth-order valence-electron chi connectivity index (χ4n) is 3.12. The molecule has 1 aromatic heterocycles. The third-order valence-electron chi connectivity index (χ3n) is 4.33. The average Bonchev–Trinajstić information content (AvgIpc) is 3.24. The van der Waals surface area contributed by atoms with Crippen molar-refractivity contribution in [3.63, 3.8) is 0 Å². The first-order chi connectivity index (χ1) is 11.3. The standard InChI is InChI=1S/C18H23N3O2/c1-2-21-10-4-8-16(21)13-19-18(22)20-15-7-3-6-14(12-15)17-9-5-11-23-17/h3,5-7,9,11-12,16H,2,4,8,10,13H2,1H3,(H2,19,20,22)/t16-/m0/s1. The molecule has 5 heteroatoms. The van der Waals surface area contributed by atoms with Gasteiger partial charge in [-0.1, -0.05) is 19.1 Å². The zero-order valence-corrected chi connectivity index (χ0v) is 13.4. The number of nitrogens with one attached hydrogen (secondary N) is 2. The lowest BCUT2D eigenvalue weighted by molar-refractivity contribution is 0.238. The van der Waals surface area contributed by atoms with Crippen LogP contribution in [0.4, 0.5) is 10.5 Å². The average molecular weight is 313 g/mol. The van der Waals surface area contributed by atoms with E-state index in [-0.39, 0.29) is 6.03 Å². The van der Waals surface area contributed by atoms with Gasteiger partial charge in [0.2, 0.25) is 0 Å². The van der Waals surface area contributed by atoms with Crippen molar-refractivity contribution in [3.8, 4) is 11.3 Å². The van der Waals surface area contributed by atoms with E-state index in [1.165, 1.54) is 6.42 Å². The zero-order chi connectivity index (χ0) is 16.1. The number of urea groups is 1. The Morgan fingerprint density at radius 3 is 3.04 bits per heavy atom. The molecule has 2 heterocycles. The van der Waals surface area contributed by atoms with Crippen molar-refractivity contribution in [3.05, 3.63) is 42.7 Å². The molecule has 122 valence electrons. The molecule has 0 radical (unpaired) electrons. The summed E-state index contributed by atoms with van der Waals surface area (Å²) >= 11 is 0. The van der Waals surface area contributed by atoms with Crippen LogP contribution < -0.4 is 10.6 Å². The van der Waals surface area contributed by atoms with E-state index in [4.69, 9.17) is 4.42 Å². The summed E-state index contributed by atoms with van der Waals surface area (Å²) in [7, 11) is 0. The van der Waals surface area contributed by atoms with Gasteiger partial charge in [-0.05, 0) is 50.2 Å². The molecule has 1 atom stereocenters. The number of hydrogen-bond acceptors (Lipinski definition) is 3. The van der Waals surface area contributed by atoms with Crippen molar-refractivity contribution in [2.45, 2.75) is 25.8 Å². The molecule has 2 aromatic rings. The first-order valence-corrected chi connectivity index (χ1v) is 8.19. The van der Waals surface area contributed by atoms with E-state index in [2.05, 4.69) is 22.5 Å². The number of rotatable bonds is 5. The quantitative estimate of drug-likeness (QED) is 0.887. The predicted molar refractivity (Wildman–Crippen MR) is 91.4 cm³/mol. The molecule has 0 saturated carbocycles. The SMILES string of the molecule is CCN1CCC[C@H]1CNC(=O)Nc1cccc(-c2ccco2)c1. The molecule has 0 bridgehead atoms. The number of likely N-dealkylation sites (tertiary alicyclic amines) is 1. The van der Waals surface area contributed by atoms with Crippen LogP contribution in [-0.2, 0) is 0 Å². The van der Waals surface area contributed by atoms with Crippen molar-refractivity contribution in [1.29, 1.82) is 0 Å². The number of carbonyl (C=O) groups excluding carboxylic acids is 1. The van der Waals surface area contributed by atoms with Crippen molar-refractivity contribution in [1.82, 2.24) is 10.2 Å². The molecule has 2 N–H and O–H groups in total. The van der Waals surface area contributed by atoms with Gasteiger partial charge in [-0.25, -0.2) is 4.79 Å². The number of amides is 2. The minimum atomic E-state index is -0.162. The number of furan rings is 1. The molecular formula is C18H23N3O2. The molecule has 1 aliphatic heterocycles. The highest BCUT2D eigenvalue weighted by molar-refractivity contribution is 5.90. The van der Waals surface area contributed by atoms with Crippen LogP contribution in [0.25, 0.3) is 11.3 Å². The van der Waals surface area contributed by atoms with Gasteiger partial charge < -0.3 is 15.1 Å². The highest BCUT2D eigenvalue weighted by atomic mass is 16.3. The number of nitrogens with zero attached hydrogens (tertiary/aromatic N) is 1.